The number of benzene rings is 3. The Morgan fingerprint density at radius 1 is 1.02 bits per heavy atom. The van der Waals surface area contributed by atoms with Crippen molar-refractivity contribution in [1.29, 1.82) is 0 Å². The van der Waals surface area contributed by atoms with Gasteiger partial charge in [0.1, 0.15) is 10.6 Å². The highest BCUT2D eigenvalue weighted by Crippen LogP contribution is 2.31. The molecule has 2 N–H and O–H groups in total. The summed E-state index contributed by atoms with van der Waals surface area (Å²) in [4.78, 5) is 25.5. The Labute approximate surface area is 248 Å². The summed E-state index contributed by atoms with van der Waals surface area (Å²) >= 11 is 3.22. The van der Waals surface area contributed by atoms with Gasteiger partial charge >= 0.3 is 0 Å². The van der Waals surface area contributed by atoms with Crippen LogP contribution >= 0.6 is 15.9 Å². The second-order valence-electron chi connectivity index (χ2n) is 10.5. The van der Waals surface area contributed by atoms with Crippen molar-refractivity contribution in [3.8, 4) is 5.75 Å². The van der Waals surface area contributed by atoms with Crippen molar-refractivity contribution in [3.05, 3.63) is 88.0 Å². The van der Waals surface area contributed by atoms with Crippen LogP contribution in [0.3, 0.4) is 0 Å². The van der Waals surface area contributed by atoms with Crippen LogP contribution in [0.2, 0.25) is 0 Å². The largest absolute Gasteiger partial charge is 0.496 e. The average Bonchev–Trinajstić information content (AvgIpc) is 3.56. The van der Waals surface area contributed by atoms with E-state index in [1.807, 2.05) is 36.0 Å². The Kier molecular flexibility index (Phi) is 8.51. The van der Waals surface area contributed by atoms with E-state index in [4.69, 9.17) is 4.74 Å². The maximum atomic E-state index is 12.9. The summed E-state index contributed by atoms with van der Waals surface area (Å²) in [5.74, 6) is 0.234. The van der Waals surface area contributed by atoms with Crippen molar-refractivity contribution in [2.24, 2.45) is 13.0 Å². The smallest absolute Gasteiger partial charge is 0.265 e. The molecule has 2 amide bonds. The summed E-state index contributed by atoms with van der Waals surface area (Å²) in [6.07, 6.45) is 7.77. The third kappa shape index (κ3) is 6.49. The molecule has 0 saturated heterocycles. The van der Waals surface area contributed by atoms with Crippen molar-refractivity contribution in [2.75, 3.05) is 12.4 Å². The van der Waals surface area contributed by atoms with Gasteiger partial charge in [0.15, 0.2) is 0 Å². The van der Waals surface area contributed by atoms with E-state index >= 15 is 0 Å². The van der Waals surface area contributed by atoms with Crippen LogP contribution in [0.4, 0.5) is 5.69 Å². The van der Waals surface area contributed by atoms with Crippen molar-refractivity contribution >= 4 is 54.4 Å². The minimum atomic E-state index is -4.08. The van der Waals surface area contributed by atoms with Crippen LogP contribution in [0.25, 0.3) is 10.9 Å². The third-order valence-electron chi connectivity index (χ3n) is 7.59. The summed E-state index contributed by atoms with van der Waals surface area (Å²) in [6, 6.07) is 17.1. The van der Waals surface area contributed by atoms with Gasteiger partial charge in [-0.1, -0.05) is 31.0 Å². The molecule has 41 heavy (non-hydrogen) atoms. The summed E-state index contributed by atoms with van der Waals surface area (Å²) < 4.78 is 35.7. The van der Waals surface area contributed by atoms with Crippen molar-refractivity contribution in [3.63, 3.8) is 0 Å². The molecular formula is C31H32BrN3O5S. The Morgan fingerprint density at radius 3 is 2.51 bits per heavy atom. The number of aromatic nitrogens is 1. The summed E-state index contributed by atoms with van der Waals surface area (Å²) in [5.41, 5.74) is 3.81. The first-order valence-electron chi connectivity index (χ1n) is 13.5. The van der Waals surface area contributed by atoms with Gasteiger partial charge in [-0.05, 0) is 88.3 Å². The van der Waals surface area contributed by atoms with Gasteiger partial charge in [-0.2, -0.15) is 0 Å². The molecule has 3 aromatic carbocycles. The highest BCUT2D eigenvalue weighted by atomic mass is 79.9. The van der Waals surface area contributed by atoms with Gasteiger partial charge in [0.2, 0.25) is 5.91 Å². The Bertz CT molecular complexity index is 1730. The predicted octanol–water partition coefficient (Wildman–Crippen LogP) is 6.18. The first kappa shape index (κ1) is 28.9. The lowest BCUT2D eigenvalue weighted by atomic mass is 10.0. The first-order chi connectivity index (χ1) is 19.6. The molecule has 1 aliphatic carbocycles. The highest BCUT2D eigenvalue weighted by molar-refractivity contribution is 9.10. The fourth-order valence-corrected chi connectivity index (χ4v) is 7.50. The van der Waals surface area contributed by atoms with Crippen molar-refractivity contribution in [1.82, 2.24) is 9.29 Å². The number of aryl methyl sites for hydroxylation is 1. The van der Waals surface area contributed by atoms with E-state index in [2.05, 4.69) is 26.0 Å². The SMILES string of the molecule is COc1cc(C(=O)NS(=O)(=O)c2ccccc2Br)ccc1Cc1cn(C)c2ccc(NC(=O)CC3CCCC3)cc12. The van der Waals surface area contributed by atoms with Gasteiger partial charge in [-0.15, -0.1) is 0 Å². The van der Waals surface area contributed by atoms with E-state index in [9.17, 15) is 18.0 Å². The number of nitrogens with zero attached hydrogens (tertiary/aromatic N) is 1. The lowest BCUT2D eigenvalue weighted by Gasteiger charge is -2.12. The topological polar surface area (TPSA) is 106 Å². The Morgan fingerprint density at radius 2 is 1.78 bits per heavy atom. The Balaban J connectivity index is 1.35. The number of nitrogens with one attached hydrogen (secondary N) is 2. The second kappa shape index (κ2) is 12.1. The minimum Gasteiger partial charge on any atom is -0.496 e. The molecule has 0 radical (unpaired) electrons. The number of rotatable bonds is 9. The van der Waals surface area contributed by atoms with Crippen LogP contribution in [-0.2, 0) is 28.3 Å². The zero-order valence-corrected chi connectivity index (χ0v) is 25.3. The molecule has 10 heteroatoms. The zero-order valence-electron chi connectivity index (χ0n) is 22.9. The maximum absolute atomic E-state index is 12.9. The second-order valence-corrected chi connectivity index (χ2v) is 13.0. The Hall–Kier alpha value is -3.63. The molecule has 0 spiro atoms. The van der Waals surface area contributed by atoms with E-state index in [0.29, 0.717) is 29.0 Å². The molecule has 0 aliphatic heterocycles. The van der Waals surface area contributed by atoms with Gasteiger partial charge in [-0.3, -0.25) is 9.59 Å². The molecule has 1 aliphatic rings. The van der Waals surface area contributed by atoms with E-state index < -0.39 is 15.9 Å². The molecule has 1 aromatic heterocycles. The van der Waals surface area contributed by atoms with E-state index in [1.54, 1.807) is 36.4 Å². The predicted molar refractivity (Wildman–Crippen MR) is 163 cm³/mol. The number of methoxy groups -OCH3 is 1. The minimum absolute atomic E-state index is 0.0259. The van der Waals surface area contributed by atoms with Crippen LogP contribution in [0.1, 0.15) is 53.6 Å². The van der Waals surface area contributed by atoms with Crippen LogP contribution in [0.15, 0.2) is 76.2 Å². The van der Waals surface area contributed by atoms with Crippen molar-refractivity contribution < 1.29 is 22.7 Å². The molecule has 4 aromatic rings. The summed E-state index contributed by atoms with van der Waals surface area (Å²) in [7, 11) is -0.592. The number of hydrogen-bond acceptors (Lipinski definition) is 5. The average molecular weight is 639 g/mol. The standard InChI is InChI=1S/C31H32BrN3O5S/c1-35-19-23(25-18-24(13-14-27(25)35)33-30(36)15-20-7-3-4-8-20)16-21-11-12-22(17-28(21)40-2)31(37)34-41(38,39)29-10-6-5-9-26(29)32/h5-6,9-14,17-20H,3-4,7-8,15-16H2,1-2H3,(H,33,36)(H,34,37). The number of anilines is 1. The van der Waals surface area contributed by atoms with E-state index in [1.165, 1.54) is 26.0 Å². The molecule has 8 nitrogen and oxygen atoms in total. The quantitative estimate of drug-likeness (QED) is 0.228. The van der Waals surface area contributed by atoms with Crippen molar-refractivity contribution in [2.45, 2.75) is 43.4 Å². The molecule has 5 rings (SSSR count). The molecule has 214 valence electrons. The molecule has 1 fully saturated rings. The van der Waals surface area contributed by atoms with Gasteiger partial charge in [0, 0.05) is 52.7 Å². The van der Waals surface area contributed by atoms with Crippen LogP contribution in [0, 0.1) is 5.92 Å². The number of carbonyl (C=O) groups is 2. The van der Waals surface area contributed by atoms with E-state index in [0.717, 1.165) is 40.6 Å². The number of amides is 2. The fraction of sp³-hybridized carbons (Fsp3) is 0.290. The van der Waals surface area contributed by atoms with Gasteiger partial charge in [0.25, 0.3) is 15.9 Å². The maximum Gasteiger partial charge on any atom is 0.265 e. The van der Waals surface area contributed by atoms with E-state index in [-0.39, 0.29) is 16.4 Å². The van der Waals surface area contributed by atoms with Crippen LogP contribution in [-0.4, -0.2) is 31.9 Å². The highest BCUT2D eigenvalue weighted by Gasteiger charge is 2.22. The monoisotopic (exact) mass is 637 g/mol. The number of halogens is 1. The fourth-order valence-electron chi connectivity index (χ4n) is 5.52. The number of hydrogen-bond donors (Lipinski definition) is 2. The normalized spacial score (nSPS) is 13.8. The lowest BCUT2D eigenvalue weighted by molar-refractivity contribution is -0.117. The summed E-state index contributed by atoms with van der Waals surface area (Å²) in [5, 5.41) is 4.08. The van der Waals surface area contributed by atoms with Gasteiger partial charge in [-0.25, -0.2) is 13.1 Å². The number of carbonyl (C=O) groups excluding carboxylic acids is 2. The molecule has 1 heterocycles. The summed E-state index contributed by atoms with van der Waals surface area (Å²) in [6.45, 7) is 0. The number of fused-ring (bicyclic) bond motifs is 1. The van der Waals surface area contributed by atoms with Gasteiger partial charge in [0.05, 0.1) is 7.11 Å². The first-order valence-corrected chi connectivity index (χ1v) is 15.8. The molecule has 0 unspecified atom stereocenters. The van der Waals surface area contributed by atoms with Gasteiger partial charge < -0.3 is 14.6 Å². The lowest BCUT2D eigenvalue weighted by Crippen LogP contribution is -2.30. The molecule has 0 atom stereocenters. The molecular weight excluding hydrogens is 606 g/mol. The molecule has 0 bridgehead atoms. The van der Waals surface area contributed by atoms with Crippen LogP contribution in [0.5, 0.6) is 5.75 Å². The zero-order chi connectivity index (χ0) is 29.1. The van der Waals surface area contributed by atoms with Crippen LogP contribution < -0.4 is 14.8 Å². The number of sulfonamides is 1. The third-order valence-corrected chi connectivity index (χ3v) is 9.93. The number of ether oxygens (including phenoxy) is 1. The molecule has 1 saturated carbocycles.